The van der Waals surface area contributed by atoms with E-state index in [-0.39, 0.29) is 11.6 Å². The highest BCUT2D eigenvalue weighted by Gasteiger charge is 2.39. The summed E-state index contributed by atoms with van der Waals surface area (Å²) in [5, 5.41) is 7.48. The Balaban J connectivity index is 1.13. The first-order chi connectivity index (χ1) is 30.0. The van der Waals surface area contributed by atoms with Gasteiger partial charge in [0.2, 0.25) is 0 Å². The van der Waals surface area contributed by atoms with E-state index in [0.29, 0.717) is 0 Å². The maximum atomic E-state index is 5.23. The number of nitrogens with zero attached hydrogens (tertiary/aromatic N) is 3. The minimum absolute atomic E-state index is 0.0226. The molecule has 2 aliphatic rings. The molecule has 2 aliphatic heterocycles. The first-order valence-corrected chi connectivity index (χ1v) is 21.8. The molecule has 0 aliphatic carbocycles. The van der Waals surface area contributed by atoms with Crippen LogP contribution in [0.4, 0.5) is 17.1 Å². The molecule has 1 atom stereocenters. The third kappa shape index (κ3) is 5.15. The number of anilines is 3. The number of hydrogen-bond acceptors (Lipinski definition) is 3. The summed E-state index contributed by atoms with van der Waals surface area (Å²) >= 11 is 0. The number of pyridine rings is 1. The monoisotopic (exact) mass is 786 g/mol. The molecule has 10 aromatic rings. The lowest BCUT2D eigenvalue weighted by atomic mass is 9.65. The van der Waals surface area contributed by atoms with Crippen LogP contribution >= 0.6 is 0 Å². The molecule has 0 saturated heterocycles. The third-order valence-electron chi connectivity index (χ3n) is 13.9. The molecule has 0 radical (unpaired) electrons. The minimum atomic E-state index is -0.260. The Morgan fingerprint density at radius 1 is 0.541 bits per heavy atom. The zero-order valence-corrected chi connectivity index (χ0v) is 35.0. The Labute approximate surface area is 356 Å². The van der Waals surface area contributed by atoms with Crippen molar-refractivity contribution < 1.29 is 0 Å². The lowest BCUT2D eigenvalue weighted by Gasteiger charge is -2.38. The molecule has 0 fully saturated rings. The number of aromatic nitrogens is 2. The van der Waals surface area contributed by atoms with Gasteiger partial charge in [-0.25, -0.2) is 4.98 Å². The highest BCUT2D eigenvalue weighted by Crippen LogP contribution is 2.55. The van der Waals surface area contributed by atoms with E-state index in [0.717, 1.165) is 34.9 Å². The molecule has 0 bridgehead atoms. The normalized spacial score (nSPS) is 14.3. The van der Waals surface area contributed by atoms with Crippen LogP contribution in [0.3, 0.4) is 0 Å². The molecule has 4 heterocycles. The number of aryl methyl sites for hydroxylation is 2. The standard InChI is InChI=1S/C57H46N4/c1-5-57(6-2,39-31-35(3)30-36(4)32-39)54-40(37-26-28-44-46(33-37)42-16-7-11-22-50(42)60-52-24-13-9-20-48(52)58-55(44)60)18-15-19-41(54)38-27-29-45-47(34-38)43-17-8-12-23-51(43)61-53-25-14-10-21-49(53)59-56(45)61/h7-34,55,58H,5-6H2,1-4H3. The molecule has 2 aromatic heterocycles. The summed E-state index contributed by atoms with van der Waals surface area (Å²) < 4.78 is 2.34. The second-order valence-electron chi connectivity index (χ2n) is 17.2. The quantitative estimate of drug-likeness (QED) is 0.170. The largest absolute Gasteiger partial charge is 0.359 e. The minimum Gasteiger partial charge on any atom is -0.359 e. The van der Waals surface area contributed by atoms with Crippen LogP contribution < -0.4 is 10.2 Å². The van der Waals surface area contributed by atoms with Gasteiger partial charge in [-0.05, 0) is 126 Å². The fourth-order valence-corrected chi connectivity index (χ4v) is 11.2. The van der Waals surface area contributed by atoms with Crippen LogP contribution in [0.15, 0.2) is 170 Å². The van der Waals surface area contributed by atoms with E-state index in [2.05, 4.69) is 212 Å². The molecule has 294 valence electrons. The fourth-order valence-electron chi connectivity index (χ4n) is 11.2. The lowest BCUT2D eigenvalue weighted by Crippen LogP contribution is -2.28. The smallest absolute Gasteiger partial charge is 0.146 e. The van der Waals surface area contributed by atoms with E-state index in [9.17, 15) is 0 Å². The van der Waals surface area contributed by atoms with Crippen LogP contribution in [0, 0.1) is 13.8 Å². The number of rotatable bonds is 6. The molecule has 8 aromatic carbocycles. The molecule has 12 rings (SSSR count). The van der Waals surface area contributed by atoms with Crippen LogP contribution in [0.25, 0.3) is 71.7 Å². The molecule has 4 heteroatoms. The topological polar surface area (TPSA) is 32.6 Å². The van der Waals surface area contributed by atoms with Gasteiger partial charge in [0.25, 0.3) is 0 Å². The first-order valence-electron chi connectivity index (χ1n) is 21.8. The second-order valence-corrected chi connectivity index (χ2v) is 17.2. The van der Waals surface area contributed by atoms with Crippen LogP contribution in [-0.4, -0.2) is 9.38 Å². The molecule has 0 saturated carbocycles. The summed E-state index contributed by atoms with van der Waals surface area (Å²) in [5.41, 5.74) is 21.9. The highest BCUT2D eigenvalue weighted by molar-refractivity contribution is 6.15. The zero-order valence-electron chi connectivity index (χ0n) is 35.0. The summed E-state index contributed by atoms with van der Waals surface area (Å²) in [6.45, 7) is 9.26. The van der Waals surface area contributed by atoms with E-state index in [1.54, 1.807) is 0 Å². The van der Waals surface area contributed by atoms with Crippen LogP contribution in [0.1, 0.15) is 60.7 Å². The van der Waals surface area contributed by atoms with Gasteiger partial charge in [0, 0.05) is 27.3 Å². The Kier molecular flexibility index (Phi) is 7.87. The molecule has 1 N–H and O–H groups in total. The van der Waals surface area contributed by atoms with Gasteiger partial charge in [-0.1, -0.05) is 140 Å². The van der Waals surface area contributed by atoms with Gasteiger partial charge in [0.15, 0.2) is 0 Å². The zero-order chi connectivity index (χ0) is 41.0. The van der Waals surface area contributed by atoms with Crippen molar-refractivity contribution in [2.45, 2.75) is 52.1 Å². The van der Waals surface area contributed by atoms with Crippen molar-refractivity contribution in [3.05, 3.63) is 198 Å². The predicted molar refractivity (Wildman–Crippen MR) is 256 cm³/mol. The van der Waals surface area contributed by atoms with E-state index in [1.807, 2.05) is 0 Å². The lowest BCUT2D eigenvalue weighted by molar-refractivity contribution is 0.480. The average molecular weight is 787 g/mol. The van der Waals surface area contributed by atoms with Crippen LogP contribution in [0.2, 0.25) is 0 Å². The van der Waals surface area contributed by atoms with Crippen LogP contribution in [-0.2, 0) is 5.41 Å². The number of para-hydroxylation sites is 6. The van der Waals surface area contributed by atoms with Gasteiger partial charge in [0.05, 0.1) is 33.6 Å². The Morgan fingerprint density at radius 3 is 2.00 bits per heavy atom. The summed E-state index contributed by atoms with van der Waals surface area (Å²) in [6.07, 6.45) is 1.94. The van der Waals surface area contributed by atoms with Crippen molar-refractivity contribution >= 4 is 55.4 Å². The van der Waals surface area contributed by atoms with Gasteiger partial charge < -0.3 is 10.2 Å². The SMILES string of the molecule is CCC(CC)(c1cc(C)cc(C)c1)c1c(-c2ccc3c(c2)-c2ccccc2N2c4ccccc4NC32)cccc1-c1ccc2c(c1)c1ccccc1n1c3ccccc3nc21. The molecule has 4 nitrogen and oxygen atoms in total. The van der Waals surface area contributed by atoms with Crippen LogP contribution in [0.5, 0.6) is 0 Å². The van der Waals surface area contributed by atoms with Crippen molar-refractivity contribution in [3.63, 3.8) is 0 Å². The van der Waals surface area contributed by atoms with E-state index in [4.69, 9.17) is 4.98 Å². The molecular formula is C57H46N4. The summed E-state index contributed by atoms with van der Waals surface area (Å²) in [7, 11) is 0. The molecule has 0 spiro atoms. The van der Waals surface area contributed by atoms with Gasteiger partial charge in [-0.2, -0.15) is 0 Å². The van der Waals surface area contributed by atoms with E-state index >= 15 is 0 Å². The van der Waals surface area contributed by atoms with Crippen molar-refractivity contribution in [2.75, 3.05) is 10.2 Å². The van der Waals surface area contributed by atoms with Gasteiger partial charge >= 0.3 is 0 Å². The maximum absolute atomic E-state index is 5.23. The number of hydrogen-bond donors (Lipinski definition) is 1. The van der Waals surface area contributed by atoms with E-state index < -0.39 is 0 Å². The number of imidazole rings is 1. The van der Waals surface area contributed by atoms with Crippen molar-refractivity contribution in [3.8, 4) is 33.4 Å². The maximum Gasteiger partial charge on any atom is 0.146 e. The number of fused-ring (bicyclic) bond motifs is 16. The van der Waals surface area contributed by atoms with Crippen molar-refractivity contribution in [2.24, 2.45) is 0 Å². The highest BCUT2D eigenvalue weighted by atomic mass is 15.3. The molecule has 1 unspecified atom stereocenters. The average Bonchev–Trinajstić information content (AvgIpc) is 3.89. The van der Waals surface area contributed by atoms with Gasteiger partial charge in [0.1, 0.15) is 11.8 Å². The van der Waals surface area contributed by atoms with E-state index in [1.165, 1.54) is 94.5 Å². The second kappa shape index (κ2) is 13.4. The number of benzene rings is 8. The molecular weight excluding hydrogens is 741 g/mol. The van der Waals surface area contributed by atoms with Gasteiger partial charge in [-0.3, -0.25) is 4.40 Å². The summed E-state index contributed by atoms with van der Waals surface area (Å²) in [6, 6.07) is 63.5. The Hall–Kier alpha value is -7.17. The third-order valence-corrected chi connectivity index (χ3v) is 13.9. The first kappa shape index (κ1) is 35.7. The predicted octanol–water partition coefficient (Wildman–Crippen LogP) is 15.1. The summed E-state index contributed by atoms with van der Waals surface area (Å²) in [5.74, 6) is 0. The van der Waals surface area contributed by atoms with Crippen molar-refractivity contribution in [1.29, 1.82) is 0 Å². The molecule has 0 amide bonds. The van der Waals surface area contributed by atoms with Crippen molar-refractivity contribution in [1.82, 2.24) is 9.38 Å². The van der Waals surface area contributed by atoms with Gasteiger partial charge in [-0.15, -0.1) is 0 Å². The fraction of sp³-hybridized carbons (Fsp3) is 0.140. The molecule has 61 heavy (non-hydrogen) atoms. The summed E-state index contributed by atoms with van der Waals surface area (Å²) in [4.78, 5) is 7.70. The Bertz CT molecular complexity index is 3400. The number of nitrogens with one attached hydrogen (secondary N) is 1. The Morgan fingerprint density at radius 2 is 1.20 bits per heavy atom.